The molecule has 14 heavy (non-hydrogen) atoms. The molecule has 0 aromatic rings. The number of hydrogen-bond acceptors (Lipinski definition) is 2. The van der Waals surface area contributed by atoms with Crippen LogP contribution in [0.1, 0.15) is 39.5 Å². The highest BCUT2D eigenvalue weighted by Crippen LogP contribution is 2.15. The molecule has 0 amide bonds. The summed E-state index contributed by atoms with van der Waals surface area (Å²) in [5, 5.41) is 0. The standard InChI is InChI=1S/C10H21NO2S/c1-10(2)6-5-9-14(12,13)11-7-3-4-8-11/h10H,3-9H2,1-2H3. The second kappa shape index (κ2) is 5.12. The van der Waals surface area contributed by atoms with E-state index in [2.05, 4.69) is 13.8 Å². The van der Waals surface area contributed by atoms with Crippen LogP contribution in [0.15, 0.2) is 0 Å². The van der Waals surface area contributed by atoms with Gasteiger partial charge in [0.15, 0.2) is 0 Å². The van der Waals surface area contributed by atoms with Crippen molar-refractivity contribution in [1.82, 2.24) is 4.31 Å². The van der Waals surface area contributed by atoms with Crippen LogP contribution < -0.4 is 0 Å². The topological polar surface area (TPSA) is 37.4 Å². The molecule has 0 aromatic heterocycles. The van der Waals surface area contributed by atoms with Gasteiger partial charge in [-0.2, -0.15) is 0 Å². The molecule has 1 aliphatic rings. The molecule has 0 aliphatic carbocycles. The predicted molar refractivity (Wildman–Crippen MR) is 58.7 cm³/mol. The lowest BCUT2D eigenvalue weighted by atomic mass is 10.1. The fraction of sp³-hybridized carbons (Fsp3) is 1.00. The number of hydrogen-bond donors (Lipinski definition) is 0. The third kappa shape index (κ3) is 3.58. The van der Waals surface area contributed by atoms with Crippen LogP contribution in [0.3, 0.4) is 0 Å². The molecule has 4 heteroatoms. The number of rotatable bonds is 5. The van der Waals surface area contributed by atoms with E-state index >= 15 is 0 Å². The molecule has 0 radical (unpaired) electrons. The molecule has 1 heterocycles. The minimum atomic E-state index is -2.92. The third-order valence-corrected chi connectivity index (χ3v) is 4.60. The van der Waals surface area contributed by atoms with Crippen LogP contribution in [0.4, 0.5) is 0 Å². The van der Waals surface area contributed by atoms with Gasteiger partial charge in [0.2, 0.25) is 10.0 Å². The van der Waals surface area contributed by atoms with E-state index in [4.69, 9.17) is 0 Å². The largest absolute Gasteiger partial charge is 0.214 e. The summed E-state index contributed by atoms with van der Waals surface area (Å²) >= 11 is 0. The zero-order valence-electron chi connectivity index (χ0n) is 9.20. The third-order valence-electron chi connectivity index (χ3n) is 2.64. The fourth-order valence-corrected chi connectivity index (χ4v) is 3.37. The molecule has 0 atom stereocenters. The van der Waals surface area contributed by atoms with Crippen LogP contribution in [-0.4, -0.2) is 31.6 Å². The first-order valence-electron chi connectivity index (χ1n) is 5.50. The van der Waals surface area contributed by atoms with Crippen molar-refractivity contribution in [3.63, 3.8) is 0 Å². The Kier molecular flexibility index (Phi) is 4.38. The molecule has 0 spiro atoms. The van der Waals surface area contributed by atoms with Crippen LogP contribution in [0, 0.1) is 5.92 Å². The molecule has 3 nitrogen and oxygen atoms in total. The molecule has 0 aromatic carbocycles. The quantitative estimate of drug-likeness (QED) is 0.707. The Morgan fingerprint density at radius 1 is 1.21 bits per heavy atom. The molecular weight excluding hydrogens is 198 g/mol. The second-order valence-electron chi connectivity index (χ2n) is 4.46. The number of sulfonamides is 1. The van der Waals surface area contributed by atoms with Crippen LogP contribution in [0.5, 0.6) is 0 Å². The van der Waals surface area contributed by atoms with Gasteiger partial charge in [0, 0.05) is 13.1 Å². The first-order chi connectivity index (χ1) is 6.52. The van der Waals surface area contributed by atoms with Crippen LogP contribution >= 0.6 is 0 Å². The van der Waals surface area contributed by atoms with E-state index in [0.29, 0.717) is 11.7 Å². The molecule has 0 unspecified atom stereocenters. The van der Waals surface area contributed by atoms with Gasteiger partial charge in [-0.05, 0) is 31.6 Å². The van der Waals surface area contributed by atoms with Gasteiger partial charge in [-0.25, -0.2) is 12.7 Å². The molecular formula is C10H21NO2S. The van der Waals surface area contributed by atoms with E-state index in [1.807, 2.05) is 0 Å². The zero-order chi connectivity index (χ0) is 10.6. The number of nitrogens with zero attached hydrogens (tertiary/aromatic N) is 1. The molecule has 84 valence electrons. The molecule has 1 rings (SSSR count). The van der Waals surface area contributed by atoms with Gasteiger partial charge in [-0.15, -0.1) is 0 Å². The van der Waals surface area contributed by atoms with Crippen LogP contribution in [0.2, 0.25) is 0 Å². The van der Waals surface area contributed by atoms with Gasteiger partial charge in [-0.1, -0.05) is 13.8 Å². The van der Waals surface area contributed by atoms with Gasteiger partial charge in [0.1, 0.15) is 0 Å². The molecule has 0 N–H and O–H groups in total. The molecule has 1 aliphatic heterocycles. The van der Waals surface area contributed by atoms with E-state index in [1.54, 1.807) is 4.31 Å². The fourth-order valence-electron chi connectivity index (χ4n) is 1.77. The van der Waals surface area contributed by atoms with Gasteiger partial charge < -0.3 is 0 Å². The Labute approximate surface area is 87.5 Å². The van der Waals surface area contributed by atoms with E-state index in [1.165, 1.54) is 0 Å². The zero-order valence-corrected chi connectivity index (χ0v) is 10.0. The molecule has 1 saturated heterocycles. The van der Waals surface area contributed by atoms with Crippen molar-refractivity contribution in [3.05, 3.63) is 0 Å². The maximum Gasteiger partial charge on any atom is 0.214 e. The summed E-state index contributed by atoms with van der Waals surface area (Å²) in [4.78, 5) is 0. The maximum absolute atomic E-state index is 11.7. The summed E-state index contributed by atoms with van der Waals surface area (Å²) in [6.45, 7) is 5.74. The molecule has 0 saturated carbocycles. The summed E-state index contributed by atoms with van der Waals surface area (Å²) in [7, 11) is -2.92. The summed E-state index contributed by atoms with van der Waals surface area (Å²) < 4.78 is 25.1. The van der Waals surface area contributed by atoms with Crippen LogP contribution in [-0.2, 0) is 10.0 Å². The monoisotopic (exact) mass is 219 g/mol. The van der Waals surface area contributed by atoms with Crippen molar-refractivity contribution in [2.24, 2.45) is 5.92 Å². The Balaban J connectivity index is 2.34. The summed E-state index contributed by atoms with van der Waals surface area (Å²) in [6.07, 6.45) is 3.87. The van der Waals surface area contributed by atoms with E-state index < -0.39 is 10.0 Å². The predicted octanol–water partition coefficient (Wildman–Crippen LogP) is 1.85. The average molecular weight is 219 g/mol. The average Bonchev–Trinajstić information content (AvgIpc) is 2.54. The highest BCUT2D eigenvalue weighted by Gasteiger charge is 2.24. The van der Waals surface area contributed by atoms with E-state index in [9.17, 15) is 8.42 Å². The Morgan fingerprint density at radius 2 is 1.79 bits per heavy atom. The lowest BCUT2D eigenvalue weighted by Gasteiger charge is -2.15. The van der Waals surface area contributed by atoms with E-state index in [-0.39, 0.29) is 0 Å². The van der Waals surface area contributed by atoms with Gasteiger partial charge in [-0.3, -0.25) is 0 Å². The van der Waals surface area contributed by atoms with Gasteiger partial charge >= 0.3 is 0 Å². The summed E-state index contributed by atoms with van der Waals surface area (Å²) in [6, 6.07) is 0. The molecule has 1 fully saturated rings. The maximum atomic E-state index is 11.7. The van der Waals surface area contributed by atoms with Crippen LogP contribution in [0.25, 0.3) is 0 Å². The SMILES string of the molecule is CC(C)CCCS(=O)(=O)N1CCCC1. The van der Waals surface area contributed by atoms with Crippen molar-refractivity contribution in [2.45, 2.75) is 39.5 Å². The van der Waals surface area contributed by atoms with Gasteiger partial charge in [0.05, 0.1) is 5.75 Å². The van der Waals surface area contributed by atoms with E-state index in [0.717, 1.165) is 38.8 Å². The summed E-state index contributed by atoms with van der Waals surface area (Å²) in [5.41, 5.74) is 0. The Bertz CT molecular complexity index is 253. The lowest BCUT2D eigenvalue weighted by molar-refractivity contribution is 0.471. The minimum Gasteiger partial charge on any atom is -0.212 e. The van der Waals surface area contributed by atoms with Crippen molar-refractivity contribution in [1.29, 1.82) is 0 Å². The Hall–Kier alpha value is -0.0900. The van der Waals surface area contributed by atoms with Crippen molar-refractivity contribution in [3.8, 4) is 0 Å². The first-order valence-corrected chi connectivity index (χ1v) is 7.11. The van der Waals surface area contributed by atoms with Crippen molar-refractivity contribution in [2.75, 3.05) is 18.8 Å². The normalized spacial score (nSPS) is 19.4. The minimum absolute atomic E-state index is 0.338. The van der Waals surface area contributed by atoms with Crippen molar-refractivity contribution >= 4 is 10.0 Å². The smallest absolute Gasteiger partial charge is 0.212 e. The highest BCUT2D eigenvalue weighted by atomic mass is 32.2. The lowest BCUT2D eigenvalue weighted by Crippen LogP contribution is -2.30. The highest BCUT2D eigenvalue weighted by molar-refractivity contribution is 7.89. The van der Waals surface area contributed by atoms with Gasteiger partial charge in [0.25, 0.3) is 0 Å². The molecule has 0 bridgehead atoms. The Morgan fingerprint density at radius 3 is 2.29 bits per heavy atom. The second-order valence-corrected chi connectivity index (χ2v) is 6.55. The summed E-state index contributed by atoms with van der Waals surface area (Å²) in [5.74, 6) is 0.939. The first kappa shape index (κ1) is 12.0. The van der Waals surface area contributed by atoms with Crippen molar-refractivity contribution < 1.29 is 8.42 Å².